The van der Waals surface area contributed by atoms with Gasteiger partial charge in [-0.1, -0.05) is 111 Å². The van der Waals surface area contributed by atoms with Crippen molar-refractivity contribution < 1.29 is 43.0 Å². The number of carbonyl (C=O) groups is 1. The summed E-state index contributed by atoms with van der Waals surface area (Å²) in [5.74, 6) is 0.227. The van der Waals surface area contributed by atoms with E-state index in [4.69, 9.17) is 38.2 Å². The molecule has 0 aromatic heterocycles. The van der Waals surface area contributed by atoms with Crippen LogP contribution in [0.15, 0.2) is 114 Å². The molecule has 4 aromatic rings. The van der Waals surface area contributed by atoms with E-state index >= 15 is 0 Å². The zero-order valence-electron chi connectivity index (χ0n) is 31.0. The van der Waals surface area contributed by atoms with E-state index in [1.165, 1.54) is 11.8 Å². The van der Waals surface area contributed by atoms with E-state index in [1.54, 1.807) is 31.4 Å². The molecule has 4 aromatic carbocycles. The number of ether oxygens (including phenoxy) is 4. The van der Waals surface area contributed by atoms with Gasteiger partial charge in [0.25, 0.3) is 0 Å². The number of rotatable bonds is 16. The molecule has 0 saturated carbocycles. The van der Waals surface area contributed by atoms with E-state index in [1.807, 2.05) is 91.9 Å². The third-order valence-electron chi connectivity index (χ3n) is 9.27. The van der Waals surface area contributed by atoms with Crippen LogP contribution in [0.5, 0.6) is 5.75 Å². The summed E-state index contributed by atoms with van der Waals surface area (Å²) in [5, 5.41) is -0.0836. The summed E-state index contributed by atoms with van der Waals surface area (Å²) in [7, 11) is -0.666. The molecule has 0 unspecified atom stereocenters. The molecular formula is C41H50O9SSi. The zero-order chi connectivity index (χ0) is 37.1. The first-order chi connectivity index (χ1) is 24.9. The van der Waals surface area contributed by atoms with E-state index in [2.05, 4.69) is 33.9 Å². The normalized spacial score (nSPS) is 20.7. The molecule has 0 aliphatic carbocycles. The van der Waals surface area contributed by atoms with Crippen molar-refractivity contribution in [3.05, 3.63) is 131 Å². The summed E-state index contributed by atoms with van der Waals surface area (Å²) in [6.45, 7) is 13.1. The second-order valence-corrected chi connectivity index (χ2v) is 20.1. The van der Waals surface area contributed by atoms with Crippen LogP contribution >= 0.6 is 11.8 Å². The summed E-state index contributed by atoms with van der Waals surface area (Å²) in [5.41, 5.74) is 2.63. The lowest BCUT2D eigenvalue weighted by Crippen LogP contribution is -2.61. The summed E-state index contributed by atoms with van der Waals surface area (Å²) in [4.78, 5) is 32.8. The molecule has 278 valence electrons. The monoisotopic (exact) mass is 746 g/mol. The lowest BCUT2D eigenvalue weighted by molar-refractivity contribution is -0.391. The zero-order valence-corrected chi connectivity index (χ0v) is 32.8. The average Bonchev–Trinajstić information content (AvgIpc) is 3.14. The first-order valence-electron chi connectivity index (χ1n) is 17.5. The molecule has 9 nitrogen and oxygen atoms in total. The number of hydrogen-bond donors (Lipinski definition) is 0. The van der Waals surface area contributed by atoms with Gasteiger partial charge in [0.2, 0.25) is 8.32 Å². The molecule has 0 amide bonds. The van der Waals surface area contributed by atoms with Crippen molar-refractivity contribution in [2.45, 2.75) is 93.8 Å². The molecule has 1 aliphatic rings. The first-order valence-corrected chi connectivity index (χ1v) is 21.2. The molecular weight excluding hydrogens is 697 g/mol. The Morgan fingerprint density at radius 2 is 1.40 bits per heavy atom. The van der Waals surface area contributed by atoms with Crippen molar-refractivity contribution in [1.82, 2.24) is 0 Å². The number of carbonyl (C=O) groups excluding carboxylic acids is 1. The van der Waals surface area contributed by atoms with E-state index in [0.29, 0.717) is 5.56 Å². The molecule has 0 radical (unpaired) electrons. The van der Waals surface area contributed by atoms with Crippen molar-refractivity contribution in [1.29, 1.82) is 0 Å². The SMILES string of the molecule is COc1ccc(COO[C@H]2[C@H](OCc3ccccc3)[C@@H](OC(=O)c3ccccc3)[C@H](Sc3ccc(C)cc3)O[C@H]2COO[Si](C)(C)C(C)(C)C)cc1. The Morgan fingerprint density at radius 3 is 2.04 bits per heavy atom. The molecule has 1 heterocycles. The summed E-state index contributed by atoms with van der Waals surface area (Å²) in [6, 6.07) is 34.3. The fourth-order valence-electron chi connectivity index (χ4n) is 5.10. The molecule has 11 heteroatoms. The molecule has 1 aliphatic heterocycles. The standard InChI is InChI=1S/C41H50O9SSi/c1-29-18-24-34(25-19-29)51-40-38(48-39(42)32-16-12-9-13-17-32)37(44-26-30-14-10-8-11-15-30)36(49-45-27-31-20-22-33(43-5)23-21-31)35(47-40)28-46-50-52(6,7)41(2,3)4/h8-25,35-38,40H,26-28H2,1-7H3/t35-,36+,37-,38+,40-/m0/s1. The van der Waals surface area contributed by atoms with Crippen molar-refractivity contribution in [2.75, 3.05) is 13.7 Å². The first kappa shape index (κ1) is 39.7. The Hall–Kier alpha value is -3.52. The van der Waals surface area contributed by atoms with Gasteiger partial charge in [0, 0.05) is 4.90 Å². The smallest absolute Gasteiger partial charge is 0.338 e. The Bertz CT molecular complexity index is 1670. The van der Waals surface area contributed by atoms with Gasteiger partial charge in [0.15, 0.2) is 12.2 Å². The van der Waals surface area contributed by atoms with Gasteiger partial charge in [0.05, 0.1) is 19.3 Å². The second kappa shape index (κ2) is 18.5. The lowest BCUT2D eigenvalue weighted by atomic mass is 9.99. The van der Waals surface area contributed by atoms with Crippen LogP contribution in [-0.2, 0) is 46.7 Å². The van der Waals surface area contributed by atoms with Crippen LogP contribution in [0.4, 0.5) is 0 Å². The maximum absolute atomic E-state index is 13.7. The van der Waals surface area contributed by atoms with Crippen molar-refractivity contribution in [2.24, 2.45) is 0 Å². The van der Waals surface area contributed by atoms with Crippen LogP contribution in [0.3, 0.4) is 0 Å². The van der Waals surface area contributed by atoms with Crippen LogP contribution in [0, 0.1) is 6.92 Å². The molecule has 0 bridgehead atoms. The van der Waals surface area contributed by atoms with Gasteiger partial charge in [0.1, 0.15) is 36.6 Å². The number of thioether (sulfide) groups is 1. The van der Waals surface area contributed by atoms with Crippen LogP contribution in [-0.4, -0.2) is 57.9 Å². The fourth-order valence-corrected chi connectivity index (χ4v) is 6.81. The number of aryl methyl sites for hydroxylation is 1. The lowest BCUT2D eigenvalue weighted by Gasteiger charge is -2.45. The highest BCUT2D eigenvalue weighted by atomic mass is 32.2. The number of methoxy groups -OCH3 is 1. The van der Waals surface area contributed by atoms with Crippen LogP contribution < -0.4 is 4.74 Å². The van der Waals surface area contributed by atoms with Gasteiger partial charge >= 0.3 is 5.97 Å². The van der Waals surface area contributed by atoms with Gasteiger partial charge in [-0.25, -0.2) is 19.5 Å². The topological polar surface area (TPSA) is 90.9 Å². The van der Waals surface area contributed by atoms with E-state index < -0.39 is 44.1 Å². The van der Waals surface area contributed by atoms with Gasteiger partial charge in [-0.05, 0) is 72.6 Å². The summed E-state index contributed by atoms with van der Waals surface area (Å²) >= 11 is 1.44. The van der Waals surface area contributed by atoms with Gasteiger partial charge < -0.3 is 18.9 Å². The van der Waals surface area contributed by atoms with E-state index in [9.17, 15) is 4.79 Å². The van der Waals surface area contributed by atoms with Crippen LogP contribution in [0.2, 0.25) is 18.1 Å². The highest BCUT2D eigenvalue weighted by Gasteiger charge is 2.51. The Labute approximate surface area is 312 Å². The predicted molar refractivity (Wildman–Crippen MR) is 203 cm³/mol. The molecule has 52 heavy (non-hydrogen) atoms. The third kappa shape index (κ3) is 11.0. The number of benzene rings is 4. The van der Waals surface area contributed by atoms with Crippen LogP contribution in [0.1, 0.15) is 47.8 Å². The highest BCUT2D eigenvalue weighted by molar-refractivity contribution is 7.99. The Morgan fingerprint density at radius 1 is 0.769 bits per heavy atom. The maximum Gasteiger partial charge on any atom is 0.338 e. The minimum atomic E-state index is -2.29. The molecule has 1 fully saturated rings. The second-order valence-electron chi connectivity index (χ2n) is 14.3. The minimum Gasteiger partial charge on any atom is -0.497 e. The van der Waals surface area contributed by atoms with Crippen molar-refractivity contribution in [3.63, 3.8) is 0 Å². The number of esters is 1. The van der Waals surface area contributed by atoms with Gasteiger partial charge in [-0.15, -0.1) is 0 Å². The van der Waals surface area contributed by atoms with Gasteiger partial charge in [-0.3, -0.25) is 4.58 Å². The van der Waals surface area contributed by atoms with Crippen molar-refractivity contribution in [3.8, 4) is 5.75 Å². The third-order valence-corrected chi connectivity index (χ3v) is 14.6. The molecule has 0 N–H and O–H groups in total. The summed E-state index contributed by atoms with van der Waals surface area (Å²) in [6.07, 6.45) is -3.40. The minimum absolute atomic E-state index is 0.0125. The quantitative estimate of drug-likeness (QED) is 0.0479. The Kier molecular flexibility index (Phi) is 14.1. The molecule has 5 rings (SSSR count). The van der Waals surface area contributed by atoms with Crippen molar-refractivity contribution >= 4 is 26.0 Å². The maximum atomic E-state index is 13.7. The Balaban J connectivity index is 1.49. The predicted octanol–water partition coefficient (Wildman–Crippen LogP) is 9.10. The fraction of sp³-hybridized carbons (Fsp3) is 0.390. The average molecular weight is 747 g/mol. The molecule has 0 spiro atoms. The van der Waals surface area contributed by atoms with E-state index in [0.717, 1.165) is 27.3 Å². The van der Waals surface area contributed by atoms with Crippen LogP contribution in [0.25, 0.3) is 0 Å². The summed E-state index contributed by atoms with van der Waals surface area (Å²) < 4.78 is 31.3. The number of hydrogen-bond acceptors (Lipinski definition) is 10. The largest absolute Gasteiger partial charge is 0.497 e. The molecule has 1 saturated heterocycles. The van der Waals surface area contributed by atoms with E-state index in [-0.39, 0.29) is 24.9 Å². The highest BCUT2D eigenvalue weighted by Crippen LogP contribution is 2.40. The van der Waals surface area contributed by atoms with Gasteiger partial charge in [-0.2, -0.15) is 0 Å². The molecule has 5 atom stereocenters.